The van der Waals surface area contributed by atoms with Gasteiger partial charge in [-0.2, -0.15) is 0 Å². The number of benzene rings is 2. The highest BCUT2D eigenvalue weighted by Crippen LogP contribution is 2.27. The summed E-state index contributed by atoms with van der Waals surface area (Å²) in [6, 6.07) is 13.4. The van der Waals surface area contributed by atoms with Crippen LogP contribution in [0.2, 0.25) is 0 Å². The van der Waals surface area contributed by atoms with Crippen molar-refractivity contribution in [1.29, 1.82) is 0 Å². The minimum absolute atomic E-state index is 0.729. The second kappa shape index (κ2) is 5.66. The number of nitrogens with zero attached hydrogens (tertiary/aromatic N) is 2. The zero-order chi connectivity index (χ0) is 14.7. The van der Waals surface area contributed by atoms with Gasteiger partial charge in [0.05, 0.1) is 19.7 Å². The highest BCUT2D eigenvalue weighted by Gasteiger charge is 2.06. The van der Waals surface area contributed by atoms with Crippen LogP contribution in [0.4, 0.5) is 11.5 Å². The molecule has 0 aliphatic rings. The van der Waals surface area contributed by atoms with Crippen molar-refractivity contribution in [2.45, 2.75) is 0 Å². The molecule has 0 saturated carbocycles. The zero-order valence-corrected chi connectivity index (χ0v) is 11.8. The first-order valence-electron chi connectivity index (χ1n) is 6.50. The smallest absolute Gasteiger partial charge is 0.141 e. The van der Waals surface area contributed by atoms with Crippen molar-refractivity contribution < 1.29 is 9.47 Å². The van der Waals surface area contributed by atoms with E-state index < -0.39 is 0 Å². The molecule has 3 rings (SSSR count). The Morgan fingerprint density at radius 1 is 0.905 bits per heavy atom. The summed E-state index contributed by atoms with van der Waals surface area (Å²) in [6.45, 7) is 0. The molecule has 5 nitrogen and oxygen atoms in total. The average Bonchev–Trinajstić information content (AvgIpc) is 2.55. The summed E-state index contributed by atoms with van der Waals surface area (Å²) < 4.78 is 10.5. The molecule has 0 bridgehead atoms. The molecule has 1 heterocycles. The van der Waals surface area contributed by atoms with Crippen molar-refractivity contribution >= 4 is 22.4 Å². The molecule has 21 heavy (non-hydrogen) atoms. The molecular formula is C16H15N3O2. The fraction of sp³-hybridized carbons (Fsp3) is 0.125. The van der Waals surface area contributed by atoms with Crippen molar-refractivity contribution in [1.82, 2.24) is 9.97 Å². The highest BCUT2D eigenvalue weighted by molar-refractivity contribution is 5.91. The summed E-state index contributed by atoms with van der Waals surface area (Å²) in [4.78, 5) is 8.58. The molecule has 1 aromatic heterocycles. The second-order valence-corrected chi connectivity index (χ2v) is 4.46. The van der Waals surface area contributed by atoms with Crippen LogP contribution in [0, 0.1) is 0 Å². The lowest BCUT2D eigenvalue weighted by Gasteiger charge is -2.10. The van der Waals surface area contributed by atoms with E-state index in [0.29, 0.717) is 0 Å². The van der Waals surface area contributed by atoms with E-state index in [1.165, 1.54) is 6.33 Å². The van der Waals surface area contributed by atoms with Gasteiger partial charge in [-0.25, -0.2) is 9.97 Å². The molecule has 1 N–H and O–H groups in total. The monoisotopic (exact) mass is 281 g/mol. The van der Waals surface area contributed by atoms with E-state index in [1.807, 2.05) is 42.5 Å². The average molecular weight is 281 g/mol. The van der Waals surface area contributed by atoms with Gasteiger partial charge in [0.25, 0.3) is 0 Å². The van der Waals surface area contributed by atoms with Gasteiger partial charge in [0, 0.05) is 17.1 Å². The molecule has 0 spiro atoms. The normalized spacial score (nSPS) is 10.4. The number of hydrogen-bond donors (Lipinski definition) is 1. The van der Waals surface area contributed by atoms with Crippen molar-refractivity contribution in [2.24, 2.45) is 0 Å². The van der Waals surface area contributed by atoms with E-state index in [0.717, 1.165) is 33.9 Å². The quantitative estimate of drug-likeness (QED) is 0.794. The number of rotatable bonds is 4. The lowest BCUT2D eigenvalue weighted by Crippen LogP contribution is -1.97. The standard InChI is InChI=1S/C16H15N3O2/c1-20-12-5-3-4-11(8-12)19-16-14-9-13(21-2)6-7-15(14)17-10-18-16/h3-10H,1-2H3,(H,17,18,19). The van der Waals surface area contributed by atoms with Crippen LogP contribution < -0.4 is 14.8 Å². The van der Waals surface area contributed by atoms with Crippen LogP contribution >= 0.6 is 0 Å². The molecule has 3 aromatic rings. The Balaban J connectivity index is 2.03. The Labute approximate surface area is 122 Å². The SMILES string of the molecule is COc1cccc(Nc2ncnc3ccc(OC)cc23)c1. The van der Waals surface area contributed by atoms with Gasteiger partial charge in [-0.3, -0.25) is 0 Å². The molecule has 0 atom stereocenters. The predicted molar refractivity (Wildman–Crippen MR) is 82.4 cm³/mol. The van der Waals surface area contributed by atoms with E-state index in [2.05, 4.69) is 15.3 Å². The molecule has 5 heteroatoms. The van der Waals surface area contributed by atoms with Gasteiger partial charge in [-0.1, -0.05) is 6.07 Å². The zero-order valence-electron chi connectivity index (χ0n) is 11.8. The van der Waals surface area contributed by atoms with Crippen LogP contribution in [-0.4, -0.2) is 24.2 Å². The number of fused-ring (bicyclic) bond motifs is 1. The van der Waals surface area contributed by atoms with Crippen molar-refractivity contribution in [3.63, 3.8) is 0 Å². The van der Waals surface area contributed by atoms with Crippen molar-refractivity contribution in [2.75, 3.05) is 19.5 Å². The summed E-state index contributed by atoms with van der Waals surface area (Å²) in [5.74, 6) is 2.29. The fourth-order valence-corrected chi connectivity index (χ4v) is 2.10. The number of aromatic nitrogens is 2. The number of anilines is 2. The van der Waals surface area contributed by atoms with Gasteiger partial charge in [0.15, 0.2) is 0 Å². The topological polar surface area (TPSA) is 56.3 Å². The Morgan fingerprint density at radius 3 is 2.52 bits per heavy atom. The van der Waals surface area contributed by atoms with E-state index in [4.69, 9.17) is 9.47 Å². The lowest BCUT2D eigenvalue weighted by atomic mass is 10.2. The number of hydrogen-bond acceptors (Lipinski definition) is 5. The minimum atomic E-state index is 0.729. The maximum Gasteiger partial charge on any atom is 0.141 e. The van der Waals surface area contributed by atoms with Gasteiger partial charge in [0.1, 0.15) is 23.6 Å². The van der Waals surface area contributed by atoms with Crippen molar-refractivity contribution in [3.05, 3.63) is 48.8 Å². The number of nitrogens with one attached hydrogen (secondary N) is 1. The fourth-order valence-electron chi connectivity index (χ4n) is 2.10. The first-order valence-corrected chi connectivity index (χ1v) is 6.50. The Bertz CT molecular complexity index is 774. The molecule has 0 amide bonds. The summed E-state index contributed by atoms with van der Waals surface area (Å²) in [5, 5.41) is 4.19. The first kappa shape index (κ1) is 13.2. The van der Waals surface area contributed by atoms with Crippen LogP contribution in [0.15, 0.2) is 48.8 Å². The maximum atomic E-state index is 5.26. The van der Waals surface area contributed by atoms with Gasteiger partial charge >= 0.3 is 0 Å². The third-order valence-electron chi connectivity index (χ3n) is 3.17. The summed E-state index contributed by atoms with van der Waals surface area (Å²) in [7, 11) is 3.28. The van der Waals surface area contributed by atoms with Gasteiger partial charge in [-0.15, -0.1) is 0 Å². The van der Waals surface area contributed by atoms with E-state index in [9.17, 15) is 0 Å². The Kier molecular flexibility index (Phi) is 3.55. The van der Waals surface area contributed by atoms with Gasteiger partial charge < -0.3 is 14.8 Å². The largest absolute Gasteiger partial charge is 0.497 e. The van der Waals surface area contributed by atoms with Gasteiger partial charge in [-0.05, 0) is 30.3 Å². The van der Waals surface area contributed by atoms with Crippen LogP contribution in [0.25, 0.3) is 10.9 Å². The number of ether oxygens (including phenoxy) is 2. The Hall–Kier alpha value is -2.82. The summed E-state index contributed by atoms with van der Waals surface area (Å²) >= 11 is 0. The molecule has 106 valence electrons. The van der Waals surface area contributed by atoms with Crippen LogP contribution in [0.1, 0.15) is 0 Å². The Morgan fingerprint density at radius 2 is 1.71 bits per heavy atom. The van der Waals surface area contributed by atoms with E-state index in [-0.39, 0.29) is 0 Å². The molecular weight excluding hydrogens is 266 g/mol. The third-order valence-corrected chi connectivity index (χ3v) is 3.17. The van der Waals surface area contributed by atoms with Crippen molar-refractivity contribution in [3.8, 4) is 11.5 Å². The molecule has 0 aliphatic carbocycles. The van der Waals surface area contributed by atoms with Crippen LogP contribution in [0.5, 0.6) is 11.5 Å². The second-order valence-electron chi connectivity index (χ2n) is 4.46. The van der Waals surface area contributed by atoms with E-state index in [1.54, 1.807) is 14.2 Å². The van der Waals surface area contributed by atoms with Crippen LogP contribution in [0.3, 0.4) is 0 Å². The lowest BCUT2D eigenvalue weighted by molar-refractivity contribution is 0.415. The maximum absolute atomic E-state index is 5.26. The van der Waals surface area contributed by atoms with Crippen LogP contribution in [-0.2, 0) is 0 Å². The molecule has 0 unspecified atom stereocenters. The third kappa shape index (κ3) is 2.72. The number of methoxy groups -OCH3 is 2. The molecule has 0 radical (unpaired) electrons. The van der Waals surface area contributed by atoms with Gasteiger partial charge in [0.2, 0.25) is 0 Å². The highest BCUT2D eigenvalue weighted by atomic mass is 16.5. The molecule has 0 saturated heterocycles. The van der Waals surface area contributed by atoms with E-state index >= 15 is 0 Å². The minimum Gasteiger partial charge on any atom is -0.497 e. The molecule has 2 aromatic carbocycles. The first-order chi connectivity index (χ1) is 10.3. The molecule has 0 fully saturated rings. The summed E-state index contributed by atoms with van der Waals surface area (Å²) in [6.07, 6.45) is 1.54. The predicted octanol–water partition coefficient (Wildman–Crippen LogP) is 3.39. The summed E-state index contributed by atoms with van der Waals surface area (Å²) in [5.41, 5.74) is 1.76. The molecule has 0 aliphatic heterocycles.